The van der Waals surface area contributed by atoms with Gasteiger partial charge in [0.05, 0.1) is 11.2 Å². The maximum atomic E-state index is 11.5. The van der Waals surface area contributed by atoms with E-state index in [0.717, 1.165) is 35.9 Å². The number of cyclic esters (lactones) is 1. The van der Waals surface area contributed by atoms with E-state index in [1.54, 1.807) is 0 Å². The van der Waals surface area contributed by atoms with Crippen LogP contribution in [0.25, 0.3) is 10.9 Å². The Bertz CT molecular complexity index is 579. The normalized spacial score (nSPS) is 20.4. The number of carbonyl (C=O) groups excluding carboxylic acids is 1. The summed E-state index contributed by atoms with van der Waals surface area (Å²) in [7, 11) is 0. The molecule has 92 valence electrons. The molecule has 0 spiro atoms. The average Bonchev–Trinajstić information content (AvgIpc) is 2.63. The van der Waals surface area contributed by atoms with Crippen molar-refractivity contribution in [3.8, 4) is 0 Å². The second-order valence-corrected chi connectivity index (χ2v) is 4.65. The van der Waals surface area contributed by atoms with Crippen molar-refractivity contribution >= 4 is 16.9 Å². The topological polar surface area (TPSA) is 39.2 Å². The van der Waals surface area contributed by atoms with Gasteiger partial charge in [0.1, 0.15) is 6.10 Å². The molecule has 1 aromatic carbocycles. The summed E-state index contributed by atoms with van der Waals surface area (Å²) < 4.78 is 5.44. The van der Waals surface area contributed by atoms with Crippen molar-refractivity contribution in [1.29, 1.82) is 0 Å². The van der Waals surface area contributed by atoms with E-state index in [2.05, 4.69) is 4.98 Å². The zero-order valence-corrected chi connectivity index (χ0v) is 10.1. The van der Waals surface area contributed by atoms with Crippen LogP contribution in [0, 0.1) is 0 Å². The van der Waals surface area contributed by atoms with Gasteiger partial charge in [-0.1, -0.05) is 24.3 Å². The number of aromatic nitrogens is 1. The Balaban J connectivity index is 1.95. The Labute approximate surface area is 106 Å². The summed E-state index contributed by atoms with van der Waals surface area (Å²) in [5.41, 5.74) is 1.82. The smallest absolute Gasteiger partial charge is 0.306 e. The number of hydrogen-bond acceptors (Lipinski definition) is 3. The van der Waals surface area contributed by atoms with Crippen molar-refractivity contribution in [3.63, 3.8) is 0 Å². The molecule has 1 saturated heterocycles. The zero-order chi connectivity index (χ0) is 12.4. The minimum Gasteiger partial charge on any atom is -0.456 e. The zero-order valence-electron chi connectivity index (χ0n) is 10.1. The summed E-state index contributed by atoms with van der Waals surface area (Å²) >= 11 is 0. The lowest BCUT2D eigenvalue weighted by molar-refractivity contribution is -0.148. The van der Waals surface area contributed by atoms with Crippen molar-refractivity contribution < 1.29 is 9.53 Å². The molecule has 1 fully saturated rings. The van der Waals surface area contributed by atoms with Gasteiger partial charge in [-0.3, -0.25) is 4.79 Å². The molecular formula is C15H15NO2. The van der Waals surface area contributed by atoms with Gasteiger partial charge >= 0.3 is 5.97 Å². The van der Waals surface area contributed by atoms with E-state index in [0.29, 0.717) is 6.42 Å². The average molecular weight is 241 g/mol. The number of para-hydroxylation sites is 1. The van der Waals surface area contributed by atoms with E-state index >= 15 is 0 Å². The standard InChI is InChI=1S/C15H15NO2/c17-15-8-4-3-7-14(18-15)13-10-9-11-5-1-2-6-12(11)16-13/h1-2,5-6,9-10,14H,3-4,7-8H2. The summed E-state index contributed by atoms with van der Waals surface area (Å²) in [4.78, 5) is 16.1. The third kappa shape index (κ3) is 2.21. The fourth-order valence-electron chi connectivity index (χ4n) is 2.34. The van der Waals surface area contributed by atoms with Gasteiger partial charge in [0.2, 0.25) is 0 Å². The van der Waals surface area contributed by atoms with Crippen molar-refractivity contribution in [1.82, 2.24) is 4.98 Å². The summed E-state index contributed by atoms with van der Waals surface area (Å²) in [6, 6.07) is 12.0. The number of fused-ring (bicyclic) bond motifs is 1. The minimum absolute atomic E-state index is 0.104. The van der Waals surface area contributed by atoms with Crippen LogP contribution in [0.1, 0.15) is 37.5 Å². The minimum atomic E-state index is -0.176. The number of pyridine rings is 1. The highest BCUT2D eigenvalue weighted by Crippen LogP contribution is 2.27. The molecule has 1 aliphatic heterocycles. The third-order valence-electron chi connectivity index (χ3n) is 3.32. The van der Waals surface area contributed by atoms with Gasteiger partial charge in [-0.2, -0.15) is 0 Å². The van der Waals surface area contributed by atoms with Crippen LogP contribution in [-0.2, 0) is 9.53 Å². The molecule has 1 atom stereocenters. The fraction of sp³-hybridized carbons (Fsp3) is 0.333. The lowest BCUT2D eigenvalue weighted by atomic mass is 10.1. The van der Waals surface area contributed by atoms with Crippen LogP contribution in [0.15, 0.2) is 36.4 Å². The molecule has 1 aliphatic rings. The van der Waals surface area contributed by atoms with Gasteiger partial charge in [-0.15, -0.1) is 0 Å². The first-order chi connectivity index (χ1) is 8.83. The first-order valence-electron chi connectivity index (χ1n) is 6.38. The summed E-state index contributed by atoms with van der Waals surface area (Å²) in [5.74, 6) is -0.104. The number of ether oxygens (including phenoxy) is 1. The van der Waals surface area contributed by atoms with Crippen molar-refractivity contribution in [2.24, 2.45) is 0 Å². The Morgan fingerprint density at radius 3 is 2.94 bits per heavy atom. The van der Waals surface area contributed by atoms with Gasteiger partial charge in [0, 0.05) is 11.8 Å². The number of esters is 1. The molecule has 0 bridgehead atoms. The summed E-state index contributed by atoms with van der Waals surface area (Å²) in [5, 5.41) is 1.11. The molecule has 1 aromatic heterocycles. The van der Waals surface area contributed by atoms with Crippen LogP contribution < -0.4 is 0 Å². The molecule has 0 radical (unpaired) electrons. The van der Waals surface area contributed by atoms with Gasteiger partial charge in [0.15, 0.2) is 0 Å². The fourth-order valence-corrected chi connectivity index (χ4v) is 2.34. The van der Waals surface area contributed by atoms with Crippen LogP contribution in [0.2, 0.25) is 0 Å². The van der Waals surface area contributed by atoms with E-state index in [1.807, 2.05) is 36.4 Å². The van der Waals surface area contributed by atoms with Crippen LogP contribution in [0.4, 0.5) is 0 Å². The highest BCUT2D eigenvalue weighted by atomic mass is 16.5. The number of rotatable bonds is 1. The lowest BCUT2D eigenvalue weighted by Gasteiger charge is -2.14. The van der Waals surface area contributed by atoms with E-state index in [4.69, 9.17) is 4.74 Å². The van der Waals surface area contributed by atoms with Crippen LogP contribution in [-0.4, -0.2) is 11.0 Å². The Kier molecular flexibility index (Phi) is 2.97. The van der Waals surface area contributed by atoms with E-state index in [9.17, 15) is 4.79 Å². The van der Waals surface area contributed by atoms with Gasteiger partial charge in [0.25, 0.3) is 0 Å². The molecule has 0 saturated carbocycles. The second-order valence-electron chi connectivity index (χ2n) is 4.65. The maximum absolute atomic E-state index is 11.5. The molecule has 2 aromatic rings. The molecule has 1 unspecified atom stereocenters. The first kappa shape index (κ1) is 11.2. The monoisotopic (exact) mass is 241 g/mol. The second kappa shape index (κ2) is 4.77. The first-order valence-corrected chi connectivity index (χ1v) is 6.38. The molecule has 3 heteroatoms. The highest BCUT2D eigenvalue weighted by molar-refractivity contribution is 5.78. The molecule has 3 nitrogen and oxygen atoms in total. The predicted molar refractivity (Wildman–Crippen MR) is 69.0 cm³/mol. The molecule has 18 heavy (non-hydrogen) atoms. The lowest BCUT2D eigenvalue weighted by Crippen LogP contribution is -2.09. The Morgan fingerprint density at radius 2 is 2.00 bits per heavy atom. The molecule has 0 aliphatic carbocycles. The van der Waals surface area contributed by atoms with Crippen molar-refractivity contribution in [2.75, 3.05) is 0 Å². The van der Waals surface area contributed by atoms with E-state index in [-0.39, 0.29) is 12.1 Å². The number of benzene rings is 1. The quantitative estimate of drug-likeness (QED) is 0.718. The van der Waals surface area contributed by atoms with Crippen molar-refractivity contribution in [2.45, 2.75) is 31.8 Å². The summed E-state index contributed by atoms with van der Waals surface area (Å²) in [6.07, 6.45) is 3.17. The molecular weight excluding hydrogens is 226 g/mol. The molecule has 2 heterocycles. The maximum Gasteiger partial charge on any atom is 0.306 e. The number of carbonyl (C=O) groups is 1. The SMILES string of the molecule is O=C1CCCCC(c2ccc3ccccc3n2)O1. The van der Waals surface area contributed by atoms with Crippen LogP contribution >= 0.6 is 0 Å². The summed E-state index contributed by atoms with van der Waals surface area (Å²) in [6.45, 7) is 0. The Morgan fingerprint density at radius 1 is 1.11 bits per heavy atom. The third-order valence-corrected chi connectivity index (χ3v) is 3.32. The number of nitrogens with zero attached hydrogens (tertiary/aromatic N) is 1. The van der Waals surface area contributed by atoms with Gasteiger partial charge in [-0.05, 0) is 31.4 Å². The van der Waals surface area contributed by atoms with Gasteiger partial charge in [-0.25, -0.2) is 4.98 Å². The van der Waals surface area contributed by atoms with Crippen LogP contribution in [0.5, 0.6) is 0 Å². The van der Waals surface area contributed by atoms with E-state index in [1.165, 1.54) is 0 Å². The molecule has 0 N–H and O–H groups in total. The largest absolute Gasteiger partial charge is 0.456 e. The highest BCUT2D eigenvalue weighted by Gasteiger charge is 2.21. The van der Waals surface area contributed by atoms with Crippen LogP contribution in [0.3, 0.4) is 0 Å². The molecule has 0 amide bonds. The molecule has 3 rings (SSSR count). The Hall–Kier alpha value is -1.90. The van der Waals surface area contributed by atoms with Gasteiger partial charge < -0.3 is 4.74 Å². The predicted octanol–water partition coefficient (Wildman–Crippen LogP) is 3.39. The van der Waals surface area contributed by atoms with E-state index < -0.39 is 0 Å². The number of hydrogen-bond donors (Lipinski definition) is 0. The van der Waals surface area contributed by atoms with Crippen molar-refractivity contribution in [3.05, 3.63) is 42.1 Å².